The predicted molar refractivity (Wildman–Crippen MR) is 108 cm³/mol. The molecule has 0 aliphatic carbocycles. The second kappa shape index (κ2) is 8.61. The molecule has 1 aliphatic heterocycles. The topological polar surface area (TPSA) is 79.2 Å². The number of para-hydroxylation sites is 1. The molecule has 1 amide bonds. The first kappa shape index (κ1) is 20.6. The maximum Gasteiger partial charge on any atom is 0.415 e. The third kappa shape index (κ3) is 4.29. The van der Waals surface area contributed by atoms with Crippen LogP contribution in [0.25, 0.3) is 0 Å². The molecule has 1 fully saturated rings. The van der Waals surface area contributed by atoms with Crippen LogP contribution in [0.3, 0.4) is 0 Å². The van der Waals surface area contributed by atoms with E-state index in [-0.39, 0.29) is 18.1 Å². The molecule has 0 bridgehead atoms. The Morgan fingerprint density at radius 1 is 1.00 bits per heavy atom. The Balaban J connectivity index is 1.63. The minimum absolute atomic E-state index is 0.0299. The monoisotopic (exact) mass is 427 g/mol. The van der Waals surface area contributed by atoms with Crippen molar-refractivity contribution in [2.45, 2.75) is 18.2 Å². The van der Waals surface area contributed by atoms with Crippen molar-refractivity contribution in [1.82, 2.24) is 0 Å². The van der Waals surface area contributed by atoms with E-state index < -0.39 is 36.0 Å². The van der Waals surface area contributed by atoms with Crippen LogP contribution in [0, 0.1) is 11.6 Å². The van der Waals surface area contributed by atoms with E-state index in [4.69, 9.17) is 9.47 Å². The van der Waals surface area contributed by atoms with Gasteiger partial charge in [0.05, 0.1) is 0 Å². The van der Waals surface area contributed by atoms with Crippen molar-refractivity contribution in [1.29, 1.82) is 0 Å². The van der Waals surface area contributed by atoms with Gasteiger partial charge in [0.2, 0.25) is 0 Å². The van der Waals surface area contributed by atoms with Crippen molar-refractivity contribution in [3.63, 3.8) is 0 Å². The number of aliphatic hydroxyl groups is 1. The van der Waals surface area contributed by atoms with Gasteiger partial charge < -0.3 is 19.7 Å². The molecule has 3 aromatic carbocycles. The Morgan fingerprint density at radius 2 is 1.68 bits per heavy atom. The molecular formula is C23H19F2NO5. The van der Waals surface area contributed by atoms with Crippen LogP contribution in [-0.4, -0.2) is 35.1 Å². The summed E-state index contributed by atoms with van der Waals surface area (Å²) in [6.45, 7) is -0.329. The number of amides is 1. The summed E-state index contributed by atoms with van der Waals surface area (Å²) in [5.41, 5.74) is 0.942. The second-order valence-corrected chi connectivity index (χ2v) is 7.04. The zero-order chi connectivity index (χ0) is 22.0. The fraction of sp³-hybridized carbons (Fsp3) is 0.174. The van der Waals surface area contributed by atoms with Gasteiger partial charge in [-0.2, -0.15) is 0 Å². The van der Waals surface area contributed by atoms with Crippen molar-refractivity contribution in [2.24, 2.45) is 0 Å². The van der Waals surface area contributed by atoms with Crippen molar-refractivity contribution in [3.05, 3.63) is 90.0 Å². The van der Waals surface area contributed by atoms with Crippen molar-refractivity contribution < 1.29 is 33.3 Å². The first-order valence-electron chi connectivity index (χ1n) is 9.54. The number of nitrogens with zero attached hydrogens (tertiary/aromatic N) is 1. The zero-order valence-corrected chi connectivity index (χ0v) is 16.2. The number of anilines is 1. The first-order chi connectivity index (χ1) is 14.9. The lowest BCUT2D eigenvalue weighted by Gasteiger charge is -2.27. The Hall–Kier alpha value is -3.65. The molecule has 2 unspecified atom stereocenters. The number of rotatable bonds is 6. The summed E-state index contributed by atoms with van der Waals surface area (Å²) in [5.74, 6) is -1.06. The molecule has 8 heteroatoms. The van der Waals surface area contributed by atoms with E-state index in [9.17, 15) is 23.8 Å². The molecule has 0 aromatic heterocycles. The quantitative estimate of drug-likeness (QED) is 0.617. The number of aliphatic hydroxyl groups excluding tert-OH is 1. The fourth-order valence-corrected chi connectivity index (χ4v) is 3.50. The summed E-state index contributed by atoms with van der Waals surface area (Å²) in [6, 6.07) is 16.3. The van der Waals surface area contributed by atoms with Gasteiger partial charge >= 0.3 is 6.09 Å². The minimum Gasteiger partial charge on any atom is -0.508 e. The number of benzene rings is 3. The van der Waals surface area contributed by atoms with Gasteiger partial charge in [0, 0.05) is 5.69 Å². The van der Waals surface area contributed by atoms with E-state index in [0.717, 1.165) is 0 Å². The third-order valence-corrected chi connectivity index (χ3v) is 4.99. The van der Waals surface area contributed by atoms with Crippen LogP contribution in [0.4, 0.5) is 19.3 Å². The average Bonchev–Trinajstić information content (AvgIpc) is 3.11. The lowest BCUT2D eigenvalue weighted by Crippen LogP contribution is -2.38. The molecule has 2 N–H and O–H groups in total. The number of cyclic esters (lactones) is 1. The number of halogens is 2. The molecule has 160 valence electrons. The second-order valence-electron chi connectivity index (χ2n) is 7.04. The Bertz CT molecular complexity index is 1060. The van der Waals surface area contributed by atoms with Gasteiger partial charge in [-0.05, 0) is 54.1 Å². The van der Waals surface area contributed by atoms with Gasteiger partial charge in [-0.3, -0.25) is 4.90 Å². The number of carbonyl (C=O) groups is 1. The molecule has 0 spiro atoms. The van der Waals surface area contributed by atoms with Gasteiger partial charge in [0.1, 0.15) is 30.3 Å². The molecule has 1 heterocycles. The summed E-state index contributed by atoms with van der Waals surface area (Å²) in [5, 5.41) is 20.4. The molecule has 0 radical (unpaired) electrons. The third-order valence-electron chi connectivity index (χ3n) is 4.99. The summed E-state index contributed by atoms with van der Waals surface area (Å²) < 4.78 is 38.0. The molecule has 1 aliphatic rings. The van der Waals surface area contributed by atoms with Crippen LogP contribution >= 0.6 is 0 Å². The number of ether oxygens (including phenoxy) is 2. The largest absolute Gasteiger partial charge is 0.508 e. The molecule has 3 atom stereocenters. The summed E-state index contributed by atoms with van der Waals surface area (Å²) in [6.07, 6.45) is -3.10. The SMILES string of the molecule is O=C1OC(C(O)COc2ccccc2F)[C@@H](c2ccc(O)cc2)N1c1ccc(F)cc1. The number of hydrogen-bond acceptors (Lipinski definition) is 5. The van der Waals surface area contributed by atoms with E-state index in [0.29, 0.717) is 11.3 Å². The van der Waals surface area contributed by atoms with Gasteiger partial charge in [-0.1, -0.05) is 24.3 Å². The maximum absolute atomic E-state index is 13.8. The van der Waals surface area contributed by atoms with Crippen LogP contribution in [0.15, 0.2) is 72.8 Å². The number of carbonyl (C=O) groups excluding carboxylic acids is 1. The van der Waals surface area contributed by atoms with Gasteiger partial charge in [0.15, 0.2) is 17.7 Å². The number of phenols is 1. The standard InChI is InChI=1S/C23H19F2NO5/c24-15-7-9-16(10-8-15)26-21(14-5-11-17(27)12-6-14)22(31-23(26)29)19(28)13-30-20-4-2-1-3-18(20)25/h1-12,19,21-22,27-28H,13H2/t19?,21-,22?/m1/s1. The fourth-order valence-electron chi connectivity index (χ4n) is 3.50. The molecule has 1 saturated heterocycles. The smallest absolute Gasteiger partial charge is 0.415 e. The summed E-state index contributed by atoms with van der Waals surface area (Å²) >= 11 is 0. The number of aromatic hydroxyl groups is 1. The minimum atomic E-state index is -1.30. The highest BCUT2D eigenvalue weighted by Gasteiger charge is 2.47. The Labute approximate surface area is 176 Å². The number of phenolic OH excluding ortho intramolecular Hbond substituents is 1. The van der Waals surface area contributed by atoms with E-state index in [1.807, 2.05) is 0 Å². The van der Waals surface area contributed by atoms with E-state index >= 15 is 0 Å². The van der Waals surface area contributed by atoms with E-state index in [1.54, 1.807) is 18.2 Å². The molecular weight excluding hydrogens is 408 g/mol. The normalized spacial score (nSPS) is 19.2. The van der Waals surface area contributed by atoms with Gasteiger partial charge in [-0.25, -0.2) is 13.6 Å². The van der Waals surface area contributed by atoms with E-state index in [2.05, 4.69) is 0 Å². The Kier molecular flexibility index (Phi) is 5.73. The van der Waals surface area contributed by atoms with Crippen molar-refractivity contribution in [3.8, 4) is 11.5 Å². The highest BCUT2D eigenvalue weighted by molar-refractivity contribution is 5.91. The van der Waals surface area contributed by atoms with Gasteiger partial charge in [0.25, 0.3) is 0 Å². The average molecular weight is 427 g/mol. The summed E-state index contributed by atoms with van der Waals surface area (Å²) in [4.78, 5) is 14.0. The molecule has 31 heavy (non-hydrogen) atoms. The lowest BCUT2D eigenvalue weighted by atomic mass is 9.96. The van der Waals surface area contributed by atoms with Crippen molar-refractivity contribution >= 4 is 11.8 Å². The molecule has 6 nitrogen and oxygen atoms in total. The van der Waals surface area contributed by atoms with Crippen LogP contribution in [0.5, 0.6) is 11.5 Å². The first-order valence-corrected chi connectivity index (χ1v) is 9.54. The molecule has 3 aromatic rings. The maximum atomic E-state index is 13.8. The zero-order valence-electron chi connectivity index (χ0n) is 16.2. The van der Waals surface area contributed by atoms with Crippen LogP contribution in [-0.2, 0) is 4.74 Å². The molecule has 4 rings (SSSR count). The lowest BCUT2D eigenvalue weighted by molar-refractivity contribution is -0.00713. The Morgan fingerprint density at radius 3 is 2.35 bits per heavy atom. The van der Waals surface area contributed by atoms with Crippen LogP contribution in [0.2, 0.25) is 0 Å². The van der Waals surface area contributed by atoms with E-state index in [1.165, 1.54) is 59.5 Å². The van der Waals surface area contributed by atoms with Crippen LogP contribution in [0.1, 0.15) is 11.6 Å². The summed E-state index contributed by atoms with van der Waals surface area (Å²) in [7, 11) is 0. The van der Waals surface area contributed by atoms with Crippen LogP contribution < -0.4 is 9.64 Å². The highest BCUT2D eigenvalue weighted by atomic mass is 19.1. The number of hydrogen-bond donors (Lipinski definition) is 2. The predicted octanol–water partition coefficient (Wildman–Crippen LogP) is 4.18. The molecule has 0 saturated carbocycles. The van der Waals surface area contributed by atoms with Gasteiger partial charge in [-0.15, -0.1) is 0 Å². The highest BCUT2D eigenvalue weighted by Crippen LogP contribution is 2.39. The van der Waals surface area contributed by atoms with Crippen molar-refractivity contribution in [2.75, 3.05) is 11.5 Å².